The van der Waals surface area contributed by atoms with Gasteiger partial charge in [-0.15, -0.1) is 0 Å². The molecule has 0 aliphatic rings. The topological polar surface area (TPSA) is 51.6 Å². The fourth-order valence-corrected chi connectivity index (χ4v) is 7.08. The summed E-state index contributed by atoms with van der Waals surface area (Å²) in [6.45, 7) is 0. The molecule has 0 radical (unpaired) electrons. The van der Waals surface area contributed by atoms with Gasteiger partial charge in [0.25, 0.3) is 0 Å². The number of nitrogens with zero attached hydrogens (tertiary/aromatic N) is 4. The largest absolute Gasteiger partial charge is 0.265 e. The van der Waals surface area contributed by atoms with Crippen LogP contribution in [0.15, 0.2) is 171 Å². The molecule has 4 nitrogen and oxygen atoms in total. The third-order valence-corrected chi connectivity index (χ3v) is 9.28. The summed E-state index contributed by atoms with van der Waals surface area (Å²) in [4.78, 5) is 17.8. The molecule has 224 valence electrons. The third-order valence-electron chi connectivity index (χ3n) is 9.28. The van der Waals surface area contributed by atoms with Crippen LogP contribution in [0.1, 0.15) is 0 Å². The maximum absolute atomic E-state index is 4.61. The molecule has 4 heterocycles. The summed E-state index contributed by atoms with van der Waals surface area (Å²) in [5.74, 6) is 0. The van der Waals surface area contributed by atoms with Gasteiger partial charge in [0.2, 0.25) is 0 Å². The van der Waals surface area contributed by atoms with E-state index in [0.29, 0.717) is 0 Å². The molecular weight excluding hydrogens is 585 g/mol. The number of hydrogen-bond donors (Lipinski definition) is 0. The van der Waals surface area contributed by atoms with Gasteiger partial charge in [-0.2, -0.15) is 0 Å². The standard InChI is InChI=1S/C44H28N4/c1-2-6-32-25-33(12-11-29(32)5-1)44-38-9-3-7-36(42-27-47-23-17-34(42)30-13-19-45-20-14-30)40(38)26-41-37(8-4-10-39(41)44)43-28-48-24-18-35(43)31-15-21-46-22-16-31/h1-28H. The van der Waals surface area contributed by atoms with Gasteiger partial charge in [-0.1, -0.05) is 72.8 Å². The first-order valence-electron chi connectivity index (χ1n) is 16.0. The van der Waals surface area contributed by atoms with Crippen LogP contribution >= 0.6 is 0 Å². The van der Waals surface area contributed by atoms with Crippen molar-refractivity contribution in [3.05, 3.63) is 171 Å². The lowest BCUT2D eigenvalue weighted by atomic mass is 9.84. The second kappa shape index (κ2) is 11.7. The lowest BCUT2D eigenvalue weighted by Gasteiger charge is -2.19. The Labute approximate surface area is 278 Å². The summed E-state index contributed by atoms with van der Waals surface area (Å²) >= 11 is 0. The van der Waals surface area contributed by atoms with E-state index in [1.54, 1.807) is 0 Å². The predicted molar refractivity (Wildman–Crippen MR) is 197 cm³/mol. The molecule has 9 aromatic rings. The molecule has 0 bridgehead atoms. The van der Waals surface area contributed by atoms with Crippen LogP contribution in [-0.4, -0.2) is 19.9 Å². The zero-order valence-corrected chi connectivity index (χ0v) is 26.0. The van der Waals surface area contributed by atoms with E-state index in [-0.39, 0.29) is 0 Å². The van der Waals surface area contributed by atoms with E-state index >= 15 is 0 Å². The van der Waals surface area contributed by atoms with Gasteiger partial charge >= 0.3 is 0 Å². The van der Waals surface area contributed by atoms with Crippen LogP contribution in [0.3, 0.4) is 0 Å². The Morgan fingerprint density at radius 1 is 0.292 bits per heavy atom. The maximum Gasteiger partial charge on any atom is 0.0352 e. The Hall–Kier alpha value is -6.52. The summed E-state index contributed by atoms with van der Waals surface area (Å²) in [6, 6.07) is 43.4. The van der Waals surface area contributed by atoms with Gasteiger partial charge in [0.15, 0.2) is 0 Å². The van der Waals surface area contributed by atoms with Crippen molar-refractivity contribution in [1.29, 1.82) is 0 Å². The second-order valence-corrected chi connectivity index (χ2v) is 11.9. The van der Waals surface area contributed by atoms with Crippen molar-refractivity contribution in [2.24, 2.45) is 0 Å². The van der Waals surface area contributed by atoms with Crippen LogP contribution < -0.4 is 0 Å². The highest BCUT2D eigenvalue weighted by Gasteiger charge is 2.19. The van der Waals surface area contributed by atoms with E-state index in [4.69, 9.17) is 0 Å². The van der Waals surface area contributed by atoms with Crippen LogP contribution in [0, 0.1) is 0 Å². The summed E-state index contributed by atoms with van der Waals surface area (Å²) in [7, 11) is 0. The molecular formula is C44H28N4. The Morgan fingerprint density at radius 2 is 0.812 bits per heavy atom. The Kier molecular flexibility index (Phi) is 6.76. The van der Waals surface area contributed by atoms with Crippen molar-refractivity contribution < 1.29 is 0 Å². The van der Waals surface area contributed by atoms with Crippen LogP contribution in [0.2, 0.25) is 0 Å². The first kappa shape index (κ1) is 27.8. The monoisotopic (exact) mass is 612 g/mol. The van der Waals surface area contributed by atoms with E-state index in [2.05, 4.69) is 141 Å². The first-order valence-corrected chi connectivity index (χ1v) is 16.0. The molecule has 0 aliphatic heterocycles. The van der Waals surface area contributed by atoms with Gasteiger partial charge in [-0.05, 0) is 125 Å². The van der Waals surface area contributed by atoms with E-state index in [0.717, 1.165) is 44.5 Å². The van der Waals surface area contributed by atoms with Crippen LogP contribution in [-0.2, 0) is 0 Å². The summed E-state index contributed by atoms with van der Waals surface area (Å²) < 4.78 is 0. The molecule has 4 aromatic heterocycles. The quantitative estimate of drug-likeness (QED) is 0.181. The van der Waals surface area contributed by atoms with Crippen molar-refractivity contribution in [2.45, 2.75) is 0 Å². The minimum absolute atomic E-state index is 1.08. The molecule has 0 fully saturated rings. The summed E-state index contributed by atoms with van der Waals surface area (Å²) in [5, 5.41) is 7.15. The molecule has 0 aliphatic carbocycles. The van der Waals surface area contributed by atoms with Crippen LogP contribution in [0.5, 0.6) is 0 Å². The molecule has 0 saturated carbocycles. The molecule has 0 N–H and O–H groups in total. The highest BCUT2D eigenvalue weighted by molar-refractivity contribution is 6.20. The Bertz CT molecular complexity index is 2470. The average molecular weight is 613 g/mol. The fraction of sp³-hybridized carbons (Fsp3) is 0. The molecule has 0 saturated heterocycles. The molecule has 48 heavy (non-hydrogen) atoms. The van der Waals surface area contributed by atoms with E-state index in [1.165, 1.54) is 43.4 Å². The summed E-state index contributed by atoms with van der Waals surface area (Å²) in [6.07, 6.45) is 15.1. The van der Waals surface area contributed by atoms with Gasteiger partial charge < -0.3 is 0 Å². The van der Waals surface area contributed by atoms with E-state index in [9.17, 15) is 0 Å². The van der Waals surface area contributed by atoms with E-state index in [1.807, 2.05) is 49.6 Å². The Balaban J connectivity index is 1.40. The number of rotatable bonds is 5. The van der Waals surface area contributed by atoms with Crippen molar-refractivity contribution in [3.63, 3.8) is 0 Å². The molecule has 0 spiro atoms. The van der Waals surface area contributed by atoms with Gasteiger partial charge in [0, 0.05) is 60.7 Å². The smallest absolute Gasteiger partial charge is 0.0352 e. The van der Waals surface area contributed by atoms with Gasteiger partial charge in [-0.25, -0.2) is 0 Å². The Morgan fingerprint density at radius 3 is 1.38 bits per heavy atom. The van der Waals surface area contributed by atoms with Gasteiger partial charge in [0.05, 0.1) is 0 Å². The van der Waals surface area contributed by atoms with E-state index < -0.39 is 0 Å². The normalized spacial score (nSPS) is 11.3. The number of benzene rings is 5. The molecule has 5 aromatic carbocycles. The molecule has 0 amide bonds. The van der Waals surface area contributed by atoms with Gasteiger partial charge in [-0.3, -0.25) is 19.9 Å². The molecule has 0 unspecified atom stereocenters. The highest BCUT2D eigenvalue weighted by atomic mass is 14.6. The predicted octanol–water partition coefficient (Wildman–Crippen LogP) is 11.1. The van der Waals surface area contributed by atoms with Crippen LogP contribution in [0.4, 0.5) is 0 Å². The van der Waals surface area contributed by atoms with Crippen molar-refractivity contribution in [3.8, 4) is 55.6 Å². The third kappa shape index (κ3) is 4.70. The second-order valence-electron chi connectivity index (χ2n) is 11.9. The molecule has 9 rings (SSSR count). The number of hydrogen-bond acceptors (Lipinski definition) is 4. The highest BCUT2D eigenvalue weighted by Crippen LogP contribution is 2.45. The average Bonchev–Trinajstić information content (AvgIpc) is 3.17. The lowest BCUT2D eigenvalue weighted by molar-refractivity contribution is 1.31. The number of pyridine rings is 4. The van der Waals surface area contributed by atoms with Crippen molar-refractivity contribution in [2.75, 3.05) is 0 Å². The van der Waals surface area contributed by atoms with Crippen molar-refractivity contribution >= 4 is 32.3 Å². The zero-order valence-electron chi connectivity index (χ0n) is 26.0. The minimum Gasteiger partial charge on any atom is -0.265 e. The maximum atomic E-state index is 4.61. The fourth-order valence-electron chi connectivity index (χ4n) is 7.08. The van der Waals surface area contributed by atoms with Crippen LogP contribution in [0.25, 0.3) is 88.0 Å². The molecule has 0 atom stereocenters. The van der Waals surface area contributed by atoms with Gasteiger partial charge in [0.1, 0.15) is 0 Å². The van der Waals surface area contributed by atoms with Crippen molar-refractivity contribution in [1.82, 2.24) is 19.9 Å². The lowest BCUT2D eigenvalue weighted by Crippen LogP contribution is -1.93. The summed E-state index contributed by atoms with van der Waals surface area (Å²) in [5.41, 5.74) is 11.3. The minimum atomic E-state index is 1.08. The first-order chi connectivity index (χ1) is 23.8. The SMILES string of the molecule is c1ccc2cc(-c3c4cccc(-c5cnccc5-c5ccncc5)c4cc4c(-c5cnccc5-c5ccncc5)cccc34)ccc2c1. The molecule has 4 heteroatoms. The number of aromatic nitrogens is 4. The number of fused-ring (bicyclic) bond motifs is 3. The zero-order chi connectivity index (χ0) is 31.9.